The maximum Gasteiger partial charge on any atom is 0.194 e. The van der Waals surface area contributed by atoms with E-state index in [1.807, 2.05) is 0 Å². The van der Waals surface area contributed by atoms with Gasteiger partial charge >= 0.3 is 0 Å². The predicted molar refractivity (Wildman–Crippen MR) is 66.0 cm³/mol. The molecular formula is C15H11F3O. The van der Waals surface area contributed by atoms with E-state index in [1.54, 1.807) is 30.3 Å². The zero-order chi connectivity index (χ0) is 14.0. The van der Waals surface area contributed by atoms with E-state index < -0.39 is 23.1 Å². The summed E-state index contributed by atoms with van der Waals surface area (Å²) in [5.74, 6) is -4.28. The molecule has 0 aromatic heterocycles. The van der Waals surface area contributed by atoms with Crippen LogP contribution < -0.4 is 0 Å². The summed E-state index contributed by atoms with van der Waals surface area (Å²) in [6.07, 6.45) is 1.15. The van der Waals surface area contributed by atoms with Crippen molar-refractivity contribution in [2.24, 2.45) is 0 Å². The summed E-state index contributed by atoms with van der Waals surface area (Å²) in [7, 11) is 0. The Kier molecular flexibility index (Phi) is 3.44. The molecule has 1 nitrogen and oxygen atoms in total. The summed E-state index contributed by atoms with van der Waals surface area (Å²) in [5, 5.41) is 10.5. The summed E-state index contributed by atoms with van der Waals surface area (Å²) >= 11 is 0. The minimum absolute atomic E-state index is 0.120. The summed E-state index contributed by atoms with van der Waals surface area (Å²) in [6.45, 7) is 3.48. The topological polar surface area (TPSA) is 20.2 Å². The quantitative estimate of drug-likeness (QED) is 0.664. The summed E-state index contributed by atoms with van der Waals surface area (Å²) in [4.78, 5) is 0. The van der Waals surface area contributed by atoms with Crippen LogP contribution in [0, 0.1) is 17.5 Å². The Hall–Kier alpha value is -2.07. The van der Waals surface area contributed by atoms with Crippen molar-refractivity contribution in [1.82, 2.24) is 0 Å². The molecule has 2 rings (SSSR count). The van der Waals surface area contributed by atoms with Crippen LogP contribution in [-0.2, 0) is 5.60 Å². The average Bonchev–Trinajstić information content (AvgIpc) is 2.44. The molecule has 0 saturated carbocycles. The number of hydrogen-bond donors (Lipinski definition) is 1. The fraction of sp³-hybridized carbons (Fsp3) is 0.0667. The van der Waals surface area contributed by atoms with Gasteiger partial charge in [0.1, 0.15) is 5.60 Å². The molecular weight excluding hydrogens is 253 g/mol. The lowest BCUT2D eigenvalue weighted by atomic mass is 9.86. The fourth-order valence-corrected chi connectivity index (χ4v) is 1.87. The molecule has 0 heterocycles. The molecule has 0 aliphatic rings. The molecule has 4 heteroatoms. The molecule has 0 aliphatic carbocycles. The van der Waals surface area contributed by atoms with Crippen molar-refractivity contribution in [3.05, 3.63) is 83.7 Å². The molecule has 1 atom stereocenters. The first kappa shape index (κ1) is 13.4. The zero-order valence-electron chi connectivity index (χ0n) is 9.91. The molecule has 0 amide bonds. The standard InChI is InChI=1S/C15H11F3O/c1-2-15(19,10-6-4-3-5-7-10)11-8-12(16)14(18)13(17)9-11/h2-9,19H,1H2. The van der Waals surface area contributed by atoms with E-state index in [-0.39, 0.29) is 5.56 Å². The van der Waals surface area contributed by atoms with Gasteiger partial charge in [-0.1, -0.05) is 43.0 Å². The number of halogens is 3. The largest absolute Gasteiger partial charge is 0.377 e. The lowest BCUT2D eigenvalue weighted by Crippen LogP contribution is -2.24. The van der Waals surface area contributed by atoms with Gasteiger partial charge in [-0.2, -0.15) is 0 Å². The molecule has 98 valence electrons. The molecule has 2 aromatic carbocycles. The van der Waals surface area contributed by atoms with Crippen LogP contribution in [0.1, 0.15) is 11.1 Å². The number of benzene rings is 2. The van der Waals surface area contributed by atoms with Gasteiger partial charge in [-0.15, -0.1) is 0 Å². The third-order valence-electron chi connectivity index (χ3n) is 2.93. The van der Waals surface area contributed by atoms with Crippen LogP contribution in [0.5, 0.6) is 0 Å². The minimum Gasteiger partial charge on any atom is -0.377 e. The number of hydrogen-bond acceptors (Lipinski definition) is 1. The van der Waals surface area contributed by atoms with E-state index in [1.165, 1.54) is 0 Å². The van der Waals surface area contributed by atoms with Gasteiger partial charge in [0.15, 0.2) is 17.5 Å². The number of aliphatic hydroxyl groups is 1. The summed E-state index contributed by atoms with van der Waals surface area (Å²) < 4.78 is 39.5. The van der Waals surface area contributed by atoms with Crippen LogP contribution in [0.25, 0.3) is 0 Å². The maximum atomic E-state index is 13.3. The first-order chi connectivity index (χ1) is 8.99. The Morgan fingerprint density at radius 1 is 0.947 bits per heavy atom. The molecule has 0 spiro atoms. The number of rotatable bonds is 3. The van der Waals surface area contributed by atoms with Gasteiger partial charge in [0.2, 0.25) is 0 Å². The smallest absolute Gasteiger partial charge is 0.194 e. The van der Waals surface area contributed by atoms with Crippen molar-refractivity contribution in [2.45, 2.75) is 5.60 Å². The molecule has 0 saturated heterocycles. The van der Waals surface area contributed by atoms with E-state index in [0.29, 0.717) is 5.56 Å². The SMILES string of the molecule is C=CC(O)(c1ccccc1)c1cc(F)c(F)c(F)c1. The average molecular weight is 264 g/mol. The van der Waals surface area contributed by atoms with Gasteiger partial charge in [-0.3, -0.25) is 0 Å². The van der Waals surface area contributed by atoms with Crippen molar-refractivity contribution in [3.63, 3.8) is 0 Å². The molecule has 0 fully saturated rings. The van der Waals surface area contributed by atoms with E-state index >= 15 is 0 Å². The highest BCUT2D eigenvalue weighted by Gasteiger charge is 2.30. The predicted octanol–water partition coefficient (Wildman–Crippen LogP) is 3.53. The third kappa shape index (κ3) is 2.27. The summed E-state index contributed by atoms with van der Waals surface area (Å²) in [5.41, 5.74) is -1.52. The van der Waals surface area contributed by atoms with Crippen LogP contribution in [0.3, 0.4) is 0 Å². The first-order valence-electron chi connectivity index (χ1n) is 5.55. The van der Waals surface area contributed by atoms with Crippen LogP contribution in [0.4, 0.5) is 13.2 Å². The van der Waals surface area contributed by atoms with Gasteiger partial charge in [0.05, 0.1) is 0 Å². The highest BCUT2D eigenvalue weighted by Crippen LogP contribution is 2.32. The minimum atomic E-state index is -1.78. The third-order valence-corrected chi connectivity index (χ3v) is 2.93. The van der Waals surface area contributed by atoms with Crippen molar-refractivity contribution < 1.29 is 18.3 Å². The van der Waals surface area contributed by atoms with Crippen LogP contribution in [-0.4, -0.2) is 5.11 Å². The van der Waals surface area contributed by atoms with Crippen molar-refractivity contribution in [3.8, 4) is 0 Å². The molecule has 0 radical (unpaired) electrons. The van der Waals surface area contributed by atoms with Crippen molar-refractivity contribution in [1.29, 1.82) is 0 Å². The first-order valence-corrected chi connectivity index (χ1v) is 5.55. The summed E-state index contributed by atoms with van der Waals surface area (Å²) in [6, 6.07) is 9.75. The van der Waals surface area contributed by atoms with E-state index in [2.05, 4.69) is 6.58 Å². The second kappa shape index (κ2) is 4.90. The van der Waals surface area contributed by atoms with Gasteiger partial charge in [0.25, 0.3) is 0 Å². The van der Waals surface area contributed by atoms with Crippen LogP contribution in [0.2, 0.25) is 0 Å². The lowest BCUT2D eigenvalue weighted by Gasteiger charge is -2.25. The Bertz CT molecular complexity index is 587. The Morgan fingerprint density at radius 2 is 1.47 bits per heavy atom. The lowest BCUT2D eigenvalue weighted by molar-refractivity contribution is 0.133. The zero-order valence-corrected chi connectivity index (χ0v) is 9.91. The molecule has 0 bridgehead atoms. The fourth-order valence-electron chi connectivity index (χ4n) is 1.87. The maximum absolute atomic E-state index is 13.3. The highest BCUT2D eigenvalue weighted by molar-refractivity contribution is 5.40. The molecule has 1 unspecified atom stereocenters. The van der Waals surface area contributed by atoms with Gasteiger partial charge < -0.3 is 5.11 Å². The highest BCUT2D eigenvalue weighted by atomic mass is 19.2. The molecule has 1 N–H and O–H groups in total. The van der Waals surface area contributed by atoms with Crippen molar-refractivity contribution >= 4 is 0 Å². The van der Waals surface area contributed by atoms with E-state index in [0.717, 1.165) is 18.2 Å². The van der Waals surface area contributed by atoms with E-state index in [9.17, 15) is 18.3 Å². The Morgan fingerprint density at radius 3 is 1.95 bits per heavy atom. The van der Waals surface area contributed by atoms with Gasteiger partial charge in [-0.25, -0.2) is 13.2 Å². The molecule has 0 aliphatic heterocycles. The second-order valence-electron chi connectivity index (χ2n) is 4.09. The van der Waals surface area contributed by atoms with Gasteiger partial charge in [-0.05, 0) is 23.3 Å². The second-order valence-corrected chi connectivity index (χ2v) is 4.09. The monoisotopic (exact) mass is 264 g/mol. The molecule has 19 heavy (non-hydrogen) atoms. The Labute approximate surface area is 108 Å². The van der Waals surface area contributed by atoms with Crippen LogP contribution >= 0.6 is 0 Å². The van der Waals surface area contributed by atoms with Gasteiger partial charge in [0, 0.05) is 0 Å². The van der Waals surface area contributed by atoms with Crippen LogP contribution in [0.15, 0.2) is 55.1 Å². The normalized spacial score (nSPS) is 13.9. The van der Waals surface area contributed by atoms with Crippen molar-refractivity contribution in [2.75, 3.05) is 0 Å². The van der Waals surface area contributed by atoms with E-state index in [4.69, 9.17) is 0 Å². The molecule has 2 aromatic rings. The Balaban J connectivity index is 2.63.